The second-order valence-electron chi connectivity index (χ2n) is 6.38. The zero-order valence-corrected chi connectivity index (χ0v) is 17.4. The number of nitro groups is 1. The van der Waals surface area contributed by atoms with Crippen LogP contribution in [0.1, 0.15) is 39.2 Å². The normalized spacial score (nSPS) is 17.6. The molecule has 28 heavy (non-hydrogen) atoms. The Morgan fingerprint density at radius 2 is 1.46 bits per heavy atom. The minimum atomic E-state index is -0.428. The van der Waals surface area contributed by atoms with Crippen LogP contribution >= 0.6 is 0 Å². The van der Waals surface area contributed by atoms with E-state index in [9.17, 15) is 10.1 Å². The molecule has 0 saturated carbocycles. The third-order valence-electron chi connectivity index (χ3n) is 4.55. The summed E-state index contributed by atoms with van der Waals surface area (Å²) in [5, 5.41) is 18.6. The zero-order chi connectivity index (χ0) is 18.4. The molecule has 2 aliphatic rings. The number of nitrogen functional groups attached to an aromatic ring is 1. The van der Waals surface area contributed by atoms with Crippen molar-refractivity contribution in [2.75, 3.05) is 32.2 Å². The molecule has 2 fully saturated rings. The smallest absolute Gasteiger partial charge is 0.307 e. The van der Waals surface area contributed by atoms with Gasteiger partial charge in [-0.15, -0.1) is 0 Å². The topological polar surface area (TPSA) is 123 Å². The van der Waals surface area contributed by atoms with Crippen LogP contribution in [-0.2, 0) is 29.9 Å². The van der Waals surface area contributed by atoms with Crippen molar-refractivity contribution in [2.45, 2.75) is 37.8 Å². The Kier molecular flexibility index (Phi) is 10.3. The molecular weight excluding hydrogens is 459 g/mol. The minimum absolute atomic E-state index is 0. The molecule has 2 aromatic rings. The molecule has 0 radical (unpaired) electrons. The Bertz CT molecular complexity index is 716. The van der Waals surface area contributed by atoms with Gasteiger partial charge in [0.05, 0.1) is 28.9 Å². The SMILES string of the molecule is Nc1cnn(C2CCOCC2)c1.O=[N+]([O-])c1cnn(C2CCOCC2)c1.[CH3-].[HH].[Pd]. The van der Waals surface area contributed by atoms with Crippen LogP contribution < -0.4 is 5.73 Å². The molecule has 2 saturated heterocycles. The molecule has 0 bridgehead atoms. The number of aromatic nitrogens is 4. The molecule has 2 aromatic heterocycles. The summed E-state index contributed by atoms with van der Waals surface area (Å²) in [7, 11) is 0. The molecule has 0 amide bonds. The van der Waals surface area contributed by atoms with Crippen molar-refractivity contribution < 1.29 is 36.2 Å². The molecular formula is C17H29N6O4Pd-. The number of nitrogens with two attached hydrogens (primary N) is 1. The number of anilines is 1. The van der Waals surface area contributed by atoms with E-state index < -0.39 is 4.92 Å². The predicted molar refractivity (Wildman–Crippen MR) is 102 cm³/mol. The van der Waals surface area contributed by atoms with E-state index in [-0.39, 0.29) is 41.0 Å². The molecule has 0 spiro atoms. The van der Waals surface area contributed by atoms with Crippen LogP contribution in [0.15, 0.2) is 24.8 Å². The fraction of sp³-hybridized carbons (Fsp3) is 0.588. The second-order valence-corrected chi connectivity index (χ2v) is 6.38. The number of hydrogen-bond acceptors (Lipinski definition) is 7. The van der Waals surface area contributed by atoms with Crippen LogP contribution in [0.2, 0.25) is 0 Å². The molecule has 0 unspecified atom stereocenters. The van der Waals surface area contributed by atoms with E-state index in [1.165, 1.54) is 12.4 Å². The van der Waals surface area contributed by atoms with Crippen LogP contribution in [0.5, 0.6) is 0 Å². The summed E-state index contributed by atoms with van der Waals surface area (Å²) in [6, 6.07) is 0.730. The number of rotatable bonds is 3. The van der Waals surface area contributed by atoms with E-state index in [4.69, 9.17) is 15.2 Å². The van der Waals surface area contributed by atoms with E-state index in [1.807, 2.05) is 10.9 Å². The Hall–Kier alpha value is -1.80. The Labute approximate surface area is 179 Å². The first-order valence-corrected chi connectivity index (χ1v) is 8.77. The van der Waals surface area contributed by atoms with Gasteiger partial charge in [-0.3, -0.25) is 19.5 Å². The fourth-order valence-electron chi connectivity index (χ4n) is 3.07. The maximum atomic E-state index is 10.4. The van der Waals surface area contributed by atoms with Gasteiger partial charge in [0, 0.05) is 54.5 Å². The van der Waals surface area contributed by atoms with Gasteiger partial charge in [-0.1, -0.05) is 0 Å². The van der Waals surface area contributed by atoms with Gasteiger partial charge in [-0.05, 0) is 25.7 Å². The predicted octanol–water partition coefficient (Wildman–Crippen LogP) is 2.65. The van der Waals surface area contributed by atoms with Crippen LogP contribution in [0.4, 0.5) is 11.4 Å². The third kappa shape index (κ3) is 6.67. The van der Waals surface area contributed by atoms with Gasteiger partial charge in [0.15, 0.2) is 0 Å². The summed E-state index contributed by atoms with van der Waals surface area (Å²) < 4.78 is 14.1. The van der Waals surface area contributed by atoms with Gasteiger partial charge in [0.25, 0.3) is 0 Å². The Morgan fingerprint density at radius 3 is 1.86 bits per heavy atom. The molecule has 0 atom stereocenters. The van der Waals surface area contributed by atoms with Gasteiger partial charge in [0.1, 0.15) is 12.4 Å². The van der Waals surface area contributed by atoms with Crippen LogP contribution in [0, 0.1) is 17.5 Å². The molecule has 4 heterocycles. The molecule has 2 N–H and O–H groups in total. The molecule has 0 aromatic carbocycles. The first kappa shape index (κ1) is 24.2. The first-order chi connectivity index (χ1) is 12.6. The summed E-state index contributed by atoms with van der Waals surface area (Å²) in [6.45, 7) is 3.09. The molecule has 162 valence electrons. The molecule has 11 heteroatoms. The monoisotopic (exact) mass is 487 g/mol. The van der Waals surface area contributed by atoms with E-state index in [0.717, 1.165) is 44.6 Å². The van der Waals surface area contributed by atoms with E-state index >= 15 is 0 Å². The molecule has 2 aliphatic heterocycles. The van der Waals surface area contributed by atoms with Crippen molar-refractivity contribution in [2.24, 2.45) is 0 Å². The van der Waals surface area contributed by atoms with E-state index in [1.54, 1.807) is 10.9 Å². The van der Waals surface area contributed by atoms with Gasteiger partial charge in [0.2, 0.25) is 0 Å². The third-order valence-corrected chi connectivity index (χ3v) is 4.55. The summed E-state index contributed by atoms with van der Waals surface area (Å²) in [5.41, 5.74) is 6.36. The molecule has 4 rings (SSSR count). The molecule has 0 aliphatic carbocycles. The summed E-state index contributed by atoms with van der Waals surface area (Å²) in [4.78, 5) is 10.00. The maximum Gasteiger partial charge on any atom is 0.307 e. The van der Waals surface area contributed by atoms with Crippen LogP contribution in [-0.4, -0.2) is 50.9 Å². The number of nitrogens with zero attached hydrogens (tertiary/aromatic N) is 5. The van der Waals surface area contributed by atoms with Crippen molar-refractivity contribution >= 4 is 11.4 Å². The van der Waals surface area contributed by atoms with Gasteiger partial charge in [-0.25, -0.2) is 0 Å². The minimum Gasteiger partial charge on any atom is -0.396 e. The van der Waals surface area contributed by atoms with Crippen molar-refractivity contribution in [3.63, 3.8) is 0 Å². The number of hydrogen-bond donors (Lipinski definition) is 1. The summed E-state index contributed by atoms with van der Waals surface area (Å²) in [6.07, 6.45) is 10.2. The van der Waals surface area contributed by atoms with Crippen molar-refractivity contribution in [3.8, 4) is 0 Å². The zero-order valence-electron chi connectivity index (χ0n) is 15.9. The first-order valence-electron chi connectivity index (χ1n) is 8.77. The van der Waals surface area contributed by atoms with Crippen LogP contribution in [0.25, 0.3) is 0 Å². The second kappa shape index (κ2) is 11.9. The van der Waals surface area contributed by atoms with Crippen molar-refractivity contribution in [1.82, 2.24) is 19.6 Å². The maximum absolute atomic E-state index is 10.4. The van der Waals surface area contributed by atoms with Gasteiger partial charge >= 0.3 is 5.69 Å². The number of ether oxygens (including phenoxy) is 2. The Morgan fingerprint density at radius 1 is 1.00 bits per heavy atom. The van der Waals surface area contributed by atoms with Crippen molar-refractivity contribution in [1.29, 1.82) is 0 Å². The average molecular weight is 488 g/mol. The van der Waals surface area contributed by atoms with Gasteiger partial charge in [-0.2, -0.15) is 10.2 Å². The van der Waals surface area contributed by atoms with E-state index in [2.05, 4.69) is 10.2 Å². The fourth-order valence-corrected chi connectivity index (χ4v) is 3.07. The summed E-state index contributed by atoms with van der Waals surface area (Å²) in [5.74, 6) is 0. The standard InChI is InChI=1S/C8H11N3O3.C8H13N3O.CH3.Pd.H2/c12-11(13)8-5-9-10(6-8)7-1-3-14-4-2-7;9-7-5-10-11(6-7)8-1-3-12-4-2-8;;;/h5-7H,1-4H2;5-6,8H,1-4,9H2;1H3;;1H/q;;-1;;. The largest absolute Gasteiger partial charge is 0.396 e. The summed E-state index contributed by atoms with van der Waals surface area (Å²) >= 11 is 0. The van der Waals surface area contributed by atoms with Crippen LogP contribution in [0.3, 0.4) is 0 Å². The van der Waals surface area contributed by atoms with E-state index in [0.29, 0.717) is 19.3 Å². The average Bonchev–Trinajstić information content (AvgIpc) is 3.33. The molecule has 10 nitrogen and oxygen atoms in total. The Balaban J connectivity index is 0.000000494. The quantitative estimate of drug-likeness (QED) is 0.305. The van der Waals surface area contributed by atoms with Crippen molar-refractivity contribution in [3.05, 3.63) is 42.3 Å². The van der Waals surface area contributed by atoms with Gasteiger partial charge < -0.3 is 22.6 Å².